The van der Waals surface area contributed by atoms with Crippen molar-refractivity contribution in [2.24, 2.45) is 7.05 Å². The predicted molar refractivity (Wildman–Crippen MR) is 91.0 cm³/mol. The molecule has 0 aliphatic heterocycles. The summed E-state index contributed by atoms with van der Waals surface area (Å²) in [5.74, 6) is -0.919. The van der Waals surface area contributed by atoms with E-state index in [0.29, 0.717) is 16.9 Å². The van der Waals surface area contributed by atoms with Gasteiger partial charge < -0.3 is 4.90 Å². The highest BCUT2D eigenvalue weighted by Crippen LogP contribution is 2.14. The molecule has 136 valence electrons. The average Bonchev–Trinajstić information content (AvgIpc) is 2.84. The van der Waals surface area contributed by atoms with Crippen molar-refractivity contribution in [3.05, 3.63) is 57.9 Å². The molecule has 0 N–H and O–H groups in total. The Hall–Kier alpha value is -3.10. The molecule has 0 spiro atoms. The lowest BCUT2D eigenvalue weighted by atomic mass is 10.1. The van der Waals surface area contributed by atoms with E-state index in [1.807, 2.05) is 0 Å². The van der Waals surface area contributed by atoms with Gasteiger partial charge in [0.25, 0.3) is 0 Å². The SMILES string of the molecule is CN(C)C(=O)n1c(=O)n(C)c2cnc(CCc3ccc(F)cc3F)nc21. The molecule has 3 aromatic rings. The van der Waals surface area contributed by atoms with Crippen LogP contribution in [0.4, 0.5) is 13.6 Å². The summed E-state index contributed by atoms with van der Waals surface area (Å²) < 4.78 is 29.0. The second kappa shape index (κ2) is 6.66. The van der Waals surface area contributed by atoms with Gasteiger partial charge in [-0.05, 0) is 18.1 Å². The van der Waals surface area contributed by atoms with E-state index in [-0.39, 0.29) is 18.5 Å². The van der Waals surface area contributed by atoms with E-state index < -0.39 is 23.4 Å². The fourth-order valence-electron chi connectivity index (χ4n) is 2.61. The number of aryl methyl sites for hydroxylation is 3. The minimum Gasteiger partial charge on any atom is -0.330 e. The molecule has 0 saturated heterocycles. The molecular formula is C17H17F2N5O2. The number of nitrogens with zero attached hydrogens (tertiary/aromatic N) is 5. The van der Waals surface area contributed by atoms with Gasteiger partial charge >= 0.3 is 11.7 Å². The average molecular weight is 361 g/mol. The van der Waals surface area contributed by atoms with Gasteiger partial charge in [-0.1, -0.05) is 6.07 Å². The largest absolute Gasteiger partial charge is 0.338 e. The summed E-state index contributed by atoms with van der Waals surface area (Å²) in [4.78, 5) is 34.4. The Kier molecular flexibility index (Phi) is 4.54. The van der Waals surface area contributed by atoms with Crippen LogP contribution in [0.3, 0.4) is 0 Å². The molecule has 0 atom stereocenters. The van der Waals surface area contributed by atoms with Gasteiger partial charge in [0.2, 0.25) is 0 Å². The standard InChI is InChI=1S/C17H17F2N5O2/c1-22(2)16(25)24-15-13(23(3)17(24)26)9-20-14(21-15)7-5-10-4-6-11(18)8-12(10)19/h4,6,8-9H,5,7H2,1-3H3. The molecule has 7 nitrogen and oxygen atoms in total. The Bertz CT molecular complexity index is 1060. The number of rotatable bonds is 3. The Labute approximate surface area is 147 Å². The molecule has 0 radical (unpaired) electrons. The van der Waals surface area contributed by atoms with E-state index in [2.05, 4.69) is 9.97 Å². The van der Waals surface area contributed by atoms with E-state index in [1.54, 1.807) is 0 Å². The summed E-state index contributed by atoms with van der Waals surface area (Å²) in [6.45, 7) is 0. The van der Waals surface area contributed by atoms with Crippen molar-refractivity contribution < 1.29 is 13.6 Å². The third-order valence-corrected chi connectivity index (χ3v) is 4.06. The number of carbonyl (C=O) groups excluding carboxylic acids is 1. The van der Waals surface area contributed by atoms with Crippen LogP contribution in [0.15, 0.2) is 29.2 Å². The first-order valence-corrected chi connectivity index (χ1v) is 7.88. The number of fused-ring (bicyclic) bond motifs is 1. The van der Waals surface area contributed by atoms with Gasteiger partial charge in [-0.2, -0.15) is 4.57 Å². The lowest BCUT2D eigenvalue weighted by molar-refractivity contribution is 0.219. The van der Waals surface area contributed by atoms with E-state index in [9.17, 15) is 18.4 Å². The molecule has 26 heavy (non-hydrogen) atoms. The number of amides is 1. The van der Waals surface area contributed by atoms with Crippen LogP contribution in [-0.2, 0) is 19.9 Å². The van der Waals surface area contributed by atoms with Crippen molar-refractivity contribution in [3.8, 4) is 0 Å². The molecule has 2 heterocycles. The van der Waals surface area contributed by atoms with Gasteiger partial charge in [0.15, 0.2) is 5.65 Å². The van der Waals surface area contributed by atoms with Gasteiger partial charge in [-0.15, -0.1) is 0 Å². The first-order valence-electron chi connectivity index (χ1n) is 7.88. The maximum atomic E-state index is 13.7. The van der Waals surface area contributed by atoms with E-state index >= 15 is 0 Å². The second-order valence-electron chi connectivity index (χ2n) is 6.08. The van der Waals surface area contributed by atoms with Crippen LogP contribution in [0.25, 0.3) is 11.2 Å². The molecule has 3 rings (SSSR count). The summed E-state index contributed by atoms with van der Waals surface area (Å²) in [7, 11) is 4.60. The summed E-state index contributed by atoms with van der Waals surface area (Å²) in [6.07, 6.45) is 1.99. The molecule has 0 fully saturated rings. The fourth-order valence-corrected chi connectivity index (χ4v) is 2.61. The van der Waals surface area contributed by atoms with Crippen molar-refractivity contribution in [2.45, 2.75) is 12.8 Å². The topological polar surface area (TPSA) is 73.0 Å². The molecular weight excluding hydrogens is 344 g/mol. The third-order valence-electron chi connectivity index (χ3n) is 4.06. The third kappa shape index (κ3) is 3.07. The molecule has 0 aliphatic carbocycles. The number of aromatic nitrogens is 4. The Balaban J connectivity index is 1.97. The first kappa shape index (κ1) is 17.7. The summed E-state index contributed by atoms with van der Waals surface area (Å²) in [5, 5.41) is 0. The van der Waals surface area contributed by atoms with E-state index in [0.717, 1.165) is 10.6 Å². The highest BCUT2D eigenvalue weighted by molar-refractivity contribution is 5.86. The normalized spacial score (nSPS) is 11.1. The Morgan fingerprint density at radius 3 is 2.62 bits per heavy atom. The highest BCUT2D eigenvalue weighted by Gasteiger charge is 2.20. The van der Waals surface area contributed by atoms with Crippen LogP contribution in [-0.4, -0.2) is 44.1 Å². The molecule has 1 aromatic carbocycles. The molecule has 0 aliphatic rings. The molecule has 0 unspecified atom stereocenters. The van der Waals surface area contributed by atoms with Crippen LogP contribution in [0.1, 0.15) is 11.4 Å². The Morgan fingerprint density at radius 2 is 1.96 bits per heavy atom. The van der Waals surface area contributed by atoms with Gasteiger partial charge in [0, 0.05) is 33.6 Å². The zero-order valence-electron chi connectivity index (χ0n) is 14.5. The molecule has 9 heteroatoms. The minimum atomic E-state index is -0.639. The van der Waals surface area contributed by atoms with Crippen LogP contribution in [0.2, 0.25) is 0 Å². The van der Waals surface area contributed by atoms with Crippen molar-refractivity contribution in [1.29, 1.82) is 0 Å². The molecule has 0 saturated carbocycles. The van der Waals surface area contributed by atoms with E-state index in [1.165, 1.54) is 48.9 Å². The van der Waals surface area contributed by atoms with Crippen LogP contribution >= 0.6 is 0 Å². The monoisotopic (exact) mass is 361 g/mol. The van der Waals surface area contributed by atoms with Gasteiger partial charge in [-0.3, -0.25) is 4.57 Å². The molecule has 0 bridgehead atoms. The second-order valence-corrected chi connectivity index (χ2v) is 6.08. The molecule has 1 amide bonds. The zero-order valence-corrected chi connectivity index (χ0v) is 14.5. The number of carbonyl (C=O) groups is 1. The quantitative estimate of drug-likeness (QED) is 0.712. The lowest BCUT2D eigenvalue weighted by Crippen LogP contribution is -2.35. The fraction of sp³-hybridized carbons (Fsp3) is 0.294. The number of halogens is 2. The Morgan fingerprint density at radius 1 is 1.23 bits per heavy atom. The number of hydrogen-bond acceptors (Lipinski definition) is 4. The number of hydrogen-bond donors (Lipinski definition) is 0. The lowest BCUT2D eigenvalue weighted by Gasteiger charge is -2.10. The van der Waals surface area contributed by atoms with E-state index in [4.69, 9.17) is 0 Å². The zero-order chi connectivity index (χ0) is 19.0. The first-order chi connectivity index (χ1) is 12.3. The van der Waals surface area contributed by atoms with Crippen LogP contribution < -0.4 is 5.69 Å². The smallest absolute Gasteiger partial charge is 0.330 e. The van der Waals surface area contributed by atoms with Crippen molar-refractivity contribution in [3.63, 3.8) is 0 Å². The summed E-state index contributed by atoms with van der Waals surface area (Å²) >= 11 is 0. The van der Waals surface area contributed by atoms with Crippen LogP contribution in [0, 0.1) is 11.6 Å². The molecule has 2 aromatic heterocycles. The maximum absolute atomic E-state index is 13.7. The number of benzene rings is 1. The summed E-state index contributed by atoms with van der Waals surface area (Å²) in [6, 6.07) is 2.86. The number of imidazole rings is 1. The van der Waals surface area contributed by atoms with Gasteiger partial charge in [0.05, 0.1) is 6.20 Å². The predicted octanol–water partition coefficient (Wildman–Crippen LogP) is 1.72. The van der Waals surface area contributed by atoms with Gasteiger partial charge in [0.1, 0.15) is 23.0 Å². The van der Waals surface area contributed by atoms with Crippen LogP contribution in [0.5, 0.6) is 0 Å². The highest BCUT2D eigenvalue weighted by atomic mass is 19.1. The summed E-state index contributed by atoms with van der Waals surface area (Å²) in [5.41, 5.74) is 0.433. The van der Waals surface area contributed by atoms with Crippen molar-refractivity contribution in [1.82, 2.24) is 24.0 Å². The van der Waals surface area contributed by atoms with Gasteiger partial charge in [-0.25, -0.2) is 28.3 Å². The maximum Gasteiger partial charge on any atom is 0.338 e. The van der Waals surface area contributed by atoms with Crippen molar-refractivity contribution >= 4 is 17.2 Å². The van der Waals surface area contributed by atoms with Crippen molar-refractivity contribution in [2.75, 3.05) is 14.1 Å². The minimum absolute atomic E-state index is 0.195.